The lowest BCUT2D eigenvalue weighted by molar-refractivity contribution is 0.423. The van der Waals surface area contributed by atoms with Gasteiger partial charge in [-0.3, -0.25) is 0 Å². The van der Waals surface area contributed by atoms with Gasteiger partial charge in [-0.15, -0.1) is 0 Å². The van der Waals surface area contributed by atoms with Crippen LogP contribution in [0.2, 0.25) is 0 Å². The Hall–Kier alpha value is -0.980. The molecule has 1 rings (SSSR count). The summed E-state index contributed by atoms with van der Waals surface area (Å²) in [6.07, 6.45) is 1.09. The summed E-state index contributed by atoms with van der Waals surface area (Å²) in [5, 5.41) is 10.5. The van der Waals surface area contributed by atoms with Gasteiger partial charge in [-0.05, 0) is 39.9 Å². The van der Waals surface area contributed by atoms with E-state index in [4.69, 9.17) is 0 Å². The van der Waals surface area contributed by atoms with E-state index in [1.54, 1.807) is 0 Å². The van der Waals surface area contributed by atoms with Crippen molar-refractivity contribution in [2.45, 2.75) is 85.0 Å². The molecule has 0 radical (unpaired) electrons. The van der Waals surface area contributed by atoms with E-state index < -0.39 is 0 Å². The van der Waals surface area contributed by atoms with Crippen LogP contribution in [0.1, 0.15) is 85.4 Å². The molecular weight excluding hydrogens is 244 g/mol. The van der Waals surface area contributed by atoms with Gasteiger partial charge in [0.1, 0.15) is 5.75 Å². The Balaban J connectivity index is 3.82. The van der Waals surface area contributed by atoms with E-state index in [1.807, 2.05) is 6.07 Å². The standard InChI is InChI=1S/C19H32O/c1-10-19(8,9)13-11-12-14(20)16(18(5,6)7)15(13)17(2,3)4/h11-12,20H,10H2,1-9H3. The third kappa shape index (κ3) is 3.19. The molecule has 1 nitrogen and oxygen atoms in total. The Kier molecular flexibility index (Phi) is 4.35. The Morgan fingerprint density at radius 1 is 0.800 bits per heavy atom. The van der Waals surface area contributed by atoms with E-state index in [0.29, 0.717) is 5.75 Å². The second-order valence-electron chi connectivity index (χ2n) is 8.62. The minimum Gasteiger partial charge on any atom is -0.508 e. The summed E-state index contributed by atoms with van der Waals surface area (Å²) < 4.78 is 0. The smallest absolute Gasteiger partial charge is 0.119 e. The fourth-order valence-electron chi connectivity index (χ4n) is 2.88. The predicted octanol–water partition coefficient (Wildman–Crippen LogP) is 5.67. The van der Waals surface area contributed by atoms with Gasteiger partial charge in [-0.25, -0.2) is 0 Å². The number of rotatable bonds is 2. The molecule has 0 bridgehead atoms. The summed E-state index contributed by atoms with van der Waals surface area (Å²) in [6, 6.07) is 4.00. The van der Waals surface area contributed by atoms with Crippen molar-refractivity contribution in [3.63, 3.8) is 0 Å². The maximum Gasteiger partial charge on any atom is 0.119 e. The van der Waals surface area contributed by atoms with Crippen molar-refractivity contribution in [1.82, 2.24) is 0 Å². The zero-order valence-corrected chi connectivity index (χ0v) is 14.8. The second kappa shape index (κ2) is 5.09. The molecule has 0 heterocycles. The molecule has 0 amide bonds. The largest absolute Gasteiger partial charge is 0.508 e. The first-order chi connectivity index (χ1) is 8.82. The molecule has 20 heavy (non-hydrogen) atoms. The highest BCUT2D eigenvalue weighted by Crippen LogP contribution is 2.45. The zero-order valence-electron chi connectivity index (χ0n) is 14.8. The van der Waals surface area contributed by atoms with E-state index in [2.05, 4.69) is 68.4 Å². The molecule has 1 aromatic carbocycles. The van der Waals surface area contributed by atoms with Crippen LogP contribution in [0, 0.1) is 0 Å². The van der Waals surface area contributed by atoms with Crippen LogP contribution in [0.3, 0.4) is 0 Å². The van der Waals surface area contributed by atoms with Crippen LogP contribution in [0.15, 0.2) is 12.1 Å². The Bertz CT molecular complexity index is 482. The van der Waals surface area contributed by atoms with Crippen molar-refractivity contribution in [1.29, 1.82) is 0 Å². The number of hydrogen-bond donors (Lipinski definition) is 1. The van der Waals surface area contributed by atoms with Gasteiger partial charge in [-0.1, -0.05) is 68.4 Å². The molecule has 0 aliphatic rings. The van der Waals surface area contributed by atoms with E-state index in [9.17, 15) is 5.11 Å². The van der Waals surface area contributed by atoms with E-state index >= 15 is 0 Å². The van der Waals surface area contributed by atoms with Crippen LogP contribution < -0.4 is 0 Å². The van der Waals surface area contributed by atoms with Gasteiger partial charge in [0, 0.05) is 5.56 Å². The molecule has 1 heteroatoms. The van der Waals surface area contributed by atoms with Crippen molar-refractivity contribution in [2.24, 2.45) is 0 Å². The van der Waals surface area contributed by atoms with Crippen molar-refractivity contribution in [3.8, 4) is 5.75 Å². The van der Waals surface area contributed by atoms with Crippen LogP contribution in [-0.4, -0.2) is 5.11 Å². The highest BCUT2D eigenvalue weighted by atomic mass is 16.3. The van der Waals surface area contributed by atoms with E-state index in [0.717, 1.165) is 12.0 Å². The summed E-state index contributed by atoms with van der Waals surface area (Å²) in [5.41, 5.74) is 3.86. The number of benzene rings is 1. The first-order valence-corrected chi connectivity index (χ1v) is 7.69. The van der Waals surface area contributed by atoms with E-state index in [-0.39, 0.29) is 16.2 Å². The Labute approximate surface area is 125 Å². The Morgan fingerprint density at radius 3 is 1.60 bits per heavy atom. The first-order valence-electron chi connectivity index (χ1n) is 7.69. The molecule has 0 saturated carbocycles. The topological polar surface area (TPSA) is 20.2 Å². The van der Waals surface area contributed by atoms with Crippen molar-refractivity contribution >= 4 is 0 Å². The molecular formula is C19H32O. The van der Waals surface area contributed by atoms with Crippen molar-refractivity contribution < 1.29 is 5.11 Å². The molecule has 0 aliphatic carbocycles. The molecule has 0 unspecified atom stereocenters. The quantitative estimate of drug-likeness (QED) is 0.737. The Morgan fingerprint density at radius 2 is 1.25 bits per heavy atom. The molecule has 0 aromatic heterocycles. The van der Waals surface area contributed by atoms with Gasteiger partial charge < -0.3 is 5.11 Å². The lowest BCUT2D eigenvalue weighted by Crippen LogP contribution is -2.29. The molecule has 0 atom stereocenters. The SMILES string of the molecule is CCC(C)(C)c1ccc(O)c(C(C)(C)C)c1C(C)(C)C. The first kappa shape index (κ1) is 17.1. The summed E-state index contributed by atoms with van der Waals surface area (Å²) in [4.78, 5) is 0. The average molecular weight is 276 g/mol. The number of phenolic OH excluding ortho intramolecular Hbond substituents is 1. The maximum atomic E-state index is 10.5. The molecule has 0 fully saturated rings. The van der Waals surface area contributed by atoms with Gasteiger partial charge in [0.2, 0.25) is 0 Å². The minimum absolute atomic E-state index is 0.0170. The third-order valence-electron chi connectivity index (χ3n) is 4.30. The van der Waals surface area contributed by atoms with Gasteiger partial charge >= 0.3 is 0 Å². The molecule has 1 N–H and O–H groups in total. The monoisotopic (exact) mass is 276 g/mol. The molecule has 1 aromatic rings. The molecule has 114 valence electrons. The fourth-order valence-corrected chi connectivity index (χ4v) is 2.88. The van der Waals surface area contributed by atoms with Crippen molar-refractivity contribution in [2.75, 3.05) is 0 Å². The third-order valence-corrected chi connectivity index (χ3v) is 4.30. The molecule has 0 spiro atoms. The highest BCUT2D eigenvalue weighted by molar-refractivity contribution is 5.53. The summed E-state index contributed by atoms with van der Waals surface area (Å²) >= 11 is 0. The molecule has 0 aliphatic heterocycles. The average Bonchev–Trinajstić information content (AvgIpc) is 2.25. The zero-order chi connectivity index (χ0) is 15.9. The van der Waals surface area contributed by atoms with Gasteiger partial charge in [0.15, 0.2) is 0 Å². The summed E-state index contributed by atoms with van der Waals surface area (Å²) in [7, 11) is 0. The second-order valence-corrected chi connectivity index (χ2v) is 8.62. The predicted molar refractivity (Wildman–Crippen MR) is 88.8 cm³/mol. The van der Waals surface area contributed by atoms with Gasteiger partial charge in [-0.2, -0.15) is 0 Å². The van der Waals surface area contributed by atoms with Crippen LogP contribution in [-0.2, 0) is 16.2 Å². The molecule has 0 saturated heterocycles. The van der Waals surface area contributed by atoms with Crippen LogP contribution >= 0.6 is 0 Å². The highest BCUT2D eigenvalue weighted by Gasteiger charge is 2.34. The van der Waals surface area contributed by atoms with Crippen LogP contribution in [0.25, 0.3) is 0 Å². The van der Waals surface area contributed by atoms with Gasteiger partial charge in [0.25, 0.3) is 0 Å². The minimum atomic E-state index is -0.0630. The normalized spacial score (nSPS) is 13.7. The maximum absolute atomic E-state index is 10.5. The fraction of sp³-hybridized carbons (Fsp3) is 0.684. The number of hydrogen-bond acceptors (Lipinski definition) is 1. The lowest BCUT2D eigenvalue weighted by atomic mass is 9.67. The summed E-state index contributed by atoms with van der Waals surface area (Å²) in [5.74, 6) is 0.429. The van der Waals surface area contributed by atoms with E-state index in [1.165, 1.54) is 11.1 Å². The number of phenols is 1. The summed E-state index contributed by atoms with van der Waals surface area (Å²) in [6.45, 7) is 20.1. The van der Waals surface area contributed by atoms with Crippen LogP contribution in [0.5, 0.6) is 5.75 Å². The van der Waals surface area contributed by atoms with Crippen LogP contribution in [0.4, 0.5) is 0 Å². The number of aromatic hydroxyl groups is 1. The lowest BCUT2D eigenvalue weighted by Gasteiger charge is -2.37. The van der Waals surface area contributed by atoms with Gasteiger partial charge in [0.05, 0.1) is 0 Å². The van der Waals surface area contributed by atoms with Crippen molar-refractivity contribution in [3.05, 3.63) is 28.8 Å².